The zero-order chi connectivity index (χ0) is 14.3. The Morgan fingerprint density at radius 1 is 1.35 bits per heavy atom. The molecule has 5 nitrogen and oxygen atoms in total. The Labute approximate surface area is 127 Å². The predicted octanol–water partition coefficient (Wildman–Crippen LogP) is 1.69. The van der Waals surface area contributed by atoms with E-state index in [0.717, 1.165) is 24.2 Å². The molecular weight excluding hydrogens is 320 g/mol. The molecule has 0 radical (unpaired) electrons. The van der Waals surface area contributed by atoms with Crippen LogP contribution in [-0.2, 0) is 14.8 Å². The Hall–Kier alpha value is -0.630. The first-order valence-corrected chi connectivity index (χ1v) is 9.20. The Kier molecular flexibility index (Phi) is 3.79. The first-order chi connectivity index (χ1) is 9.45. The molecule has 1 atom stereocenters. The van der Waals surface area contributed by atoms with Crippen molar-refractivity contribution in [3.05, 3.63) is 16.5 Å². The summed E-state index contributed by atoms with van der Waals surface area (Å²) in [7, 11) is -3.53. The summed E-state index contributed by atoms with van der Waals surface area (Å²) in [6.45, 7) is 1.10. The molecule has 0 bridgehead atoms. The highest BCUT2D eigenvalue weighted by Crippen LogP contribution is 2.32. The fourth-order valence-electron chi connectivity index (χ4n) is 2.36. The standard InChI is InChI=1S/C12H15ClN2O3S2/c13-10-3-4-11(19-10)20(17,18)14-9-5-6-15(7-9)12(16)8-1-2-8/h3-4,8-9,14H,1-2,5-7H2. The van der Waals surface area contributed by atoms with Crippen LogP contribution in [0.3, 0.4) is 0 Å². The highest BCUT2D eigenvalue weighted by molar-refractivity contribution is 7.91. The van der Waals surface area contributed by atoms with Gasteiger partial charge in [-0.1, -0.05) is 11.6 Å². The average Bonchev–Trinajstić information content (AvgIpc) is 2.98. The topological polar surface area (TPSA) is 66.5 Å². The van der Waals surface area contributed by atoms with E-state index in [1.165, 1.54) is 6.07 Å². The summed E-state index contributed by atoms with van der Waals surface area (Å²) >= 11 is 6.80. The van der Waals surface area contributed by atoms with Gasteiger partial charge in [0.25, 0.3) is 0 Å². The molecule has 3 rings (SSSR count). The first kappa shape index (κ1) is 14.3. The van der Waals surface area contributed by atoms with Gasteiger partial charge in [0.05, 0.1) is 4.34 Å². The summed E-state index contributed by atoms with van der Waals surface area (Å²) in [5.41, 5.74) is 0. The lowest BCUT2D eigenvalue weighted by Crippen LogP contribution is -2.38. The number of hydrogen-bond acceptors (Lipinski definition) is 4. The Morgan fingerprint density at radius 2 is 2.10 bits per heavy atom. The molecule has 0 spiro atoms. The molecule has 2 fully saturated rings. The van der Waals surface area contributed by atoms with E-state index in [1.54, 1.807) is 11.0 Å². The van der Waals surface area contributed by atoms with Crippen LogP contribution >= 0.6 is 22.9 Å². The maximum absolute atomic E-state index is 12.2. The molecule has 1 saturated heterocycles. The van der Waals surface area contributed by atoms with E-state index in [2.05, 4.69) is 4.72 Å². The molecule has 1 amide bonds. The zero-order valence-electron chi connectivity index (χ0n) is 10.7. The Bertz CT molecular complexity index is 624. The predicted molar refractivity (Wildman–Crippen MR) is 77.4 cm³/mol. The highest BCUT2D eigenvalue weighted by atomic mass is 35.5. The van der Waals surface area contributed by atoms with Crippen LogP contribution in [0, 0.1) is 5.92 Å². The van der Waals surface area contributed by atoms with E-state index in [-0.39, 0.29) is 22.1 Å². The third kappa shape index (κ3) is 3.00. The van der Waals surface area contributed by atoms with Gasteiger partial charge in [0.2, 0.25) is 15.9 Å². The quantitative estimate of drug-likeness (QED) is 0.911. The number of thiophene rings is 1. The van der Waals surface area contributed by atoms with Gasteiger partial charge in [-0.15, -0.1) is 11.3 Å². The number of carbonyl (C=O) groups excluding carboxylic acids is 1. The molecule has 2 aliphatic rings. The average molecular weight is 335 g/mol. The Morgan fingerprint density at radius 3 is 2.70 bits per heavy atom. The van der Waals surface area contributed by atoms with Gasteiger partial charge in [0.15, 0.2) is 0 Å². The second kappa shape index (κ2) is 5.29. The summed E-state index contributed by atoms with van der Waals surface area (Å²) < 4.78 is 27.6. The largest absolute Gasteiger partial charge is 0.341 e. The van der Waals surface area contributed by atoms with Crippen LogP contribution in [0.25, 0.3) is 0 Å². The maximum atomic E-state index is 12.2. The van der Waals surface area contributed by atoms with Crippen LogP contribution in [0.15, 0.2) is 16.3 Å². The number of halogens is 1. The summed E-state index contributed by atoms with van der Waals surface area (Å²) in [5, 5.41) is 0. The van der Waals surface area contributed by atoms with Gasteiger partial charge in [-0.25, -0.2) is 13.1 Å². The number of carbonyl (C=O) groups is 1. The van der Waals surface area contributed by atoms with Crippen molar-refractivity contribution in [2.45, 2.75) is 29.5 Å². The number of likely N-dealkylation sites (tertiary alicyclic amines) is 1. The van der Waals surface area contributed by atoms with Gasteiger partial charge in [-0.3, -0.25) is 4.79 Å². The third-order valence-corrected chi connectivity index (χ3v) is 6.81. The van der Waals surface area contributed by atoms with Crippen LogP contribution in [0.1, 0.15) is 19.3 Å². The molecule has 1 unspecified atom stereocenters. The van der Waals surface area contributed by atoms with Gasteiger partial charge < -0.3 is 4.90 Å². The molecule has 8 heteroatoms. The SMILES string of the molecule is O=C(C1CC1)N1CCC(NS(=O)(=O)c2ccc(Cl)s2)C1. The molecule has 1 saturated carbocycles. The van der Waals surface area contributed by atoms with Crippen LogP contribution in [0.2, 0.25) is 4.34 Å². The zero-order valence-corrected chi connectivity index (χ0v) is 13.1. The minimum Gasteiger partial charge on any atom is -0.341 e. The van der Waals surface area contributed by atoms with Crippen molar-refractivity contribution in [2.75, 3.05) is 13.1 Å². The molecule has 1 aromatic rings. The molecule has 0 aromatic carbocycles. The van der Waals surface area contributed by atoms with Gasteiger partial charge >= 0.3 is 0 Å². The van der Waals surface area contributed by atoms with Crippen molar-refractivity contribution in [1.82, 2.24) is 9.62 Å². The fraction of sp³-hybridized carbons (Fsp3) is 0.583. The lowest BCUT2D eigenvalue weighted by Gasteiger charge is -2.16. The summed E-state index contributed by atoms with van der Waals surface area (Å²) in [4.78, 5) is 13.7. The van der Waals surface area contributed by atoms with E-state index in [4.69, 9.17) is 11.6 Å². The first-order valence-electron chi connectivity index (χ1n) is 6.52. The van der Waals surface area contributed by atoms with Crippen LogP contribution in [0.4, 0.5) is 0 Å². The fourth-order valence-corrected chi connectivity index (χ4v) is 5.13. The highest BCUT2D eigenvalue weighted by Gasteiger charge is 2.37. The van der Waals surface area contributed by atoms with E-state index >= 15 is 0 Å². The van der Waals surface area contributed by atoms with Crippen LogP contribution < -0.4 is 4.72 Å². The van der Waals surface area contributed by atoms with Crippen molar-refractivity contribution < 1.29 is 13.2 Å². The molecule has 20 heavy (non-hydrogen) atoms. The number of rotatable bonds is 4. The van der Waals surface area contributed by atoms with E-state index < -0.39 is 10.0 Å². The maximum Gasteiger partial charge on any atom is 0.250 e. The number of amides is 1. The Balaban J connectivity index is 1.62. The van der Waals surface area contributed by atoms with Crippen molar-refractivity contribution in [3.8, 4) is 0 Å². The van der Waals surface area contributed by atoms with Crippen LogP contribution in [0.5, 0.6) is 0 Å². The normalized spacial score (nSPS) is 23.2. The third-order valence-electron chi connectivity index (χ3n) is 3.56. The van der Waals surface area contributed by atoms with Crippen molar-refractivity contribution in [1.29, 1.82) is 0 Å². The summed E-state index contributed by atoms with van der Waals surface area (Å²) in [5.74, 6) is 0.354. The molecule has 1 aliphatic carbocycles. The van der Waals surface area contributed by atoms with Crippen molar-refractivity contribution in [2.24, 2.45) is 5.92 Å². The van der Waals surface area contributed by atoms with Gasteiger partial charge in [0, 0.05) is 25.0 Å². The lowest BCUT2D eigenvalue weighted by atomic mass is 10.3. The van der Waals surface area contributed by atoms with E-state index in [1.807, 2.05) is 0 Å². The molecule has 110 valence electrons. The van der Waals surface area contributed by atoms with Gasteiger partial charge in [-0.2, -0.15) is 0 Å². The van der Waals surface area contributed by atoms with Crippen molar-refractivity contribution in [3.63, 3.8) is 0 Å². The molecule has 2 heterocycles. The van der Waals surface area contributed by atoms with Gasteiger partial charge in [-0.05, 0) is 31.4 Å². The molecule has 1 N–H and O–H groups in total. The number of sulfonamides is 1. The second-order valence-electron chi connectivity index (χ2n) is 5.22. The van der Waals surface area contributed by atoms with Crippen LogP contribution in [-0.4, -0.2) is 38.4 Å². The monoisotopic (exact) mass is 334 g/mol. The minimum atomic E-state index is -3.53. The number of hydrogen-bond donors (Lipinski definition) is 1. The summed E-state index contributed by atoms with van der Waals surface area (Å²) in [6, 6.07) is 2.86. The second-order valence-corrected chi connectivity index (χ2v) is 8.88. The number of nitrogens with zero attached hydrogens (tertiary/aromatic N) is 1. The lowest BCUT2D eigenvalue weighted by molar-refractivity contribution is -0.131. The van der Waals surface area contributed by atoms with E-state index in [0.29, 0.717) is 23.8 Å². The van der Waals surface area contributed by atoms with E-state index in [9.17, 15) is 13.2 Å². The molecular formula is C12H15ClN2O3S2. The summed E-state index contributed by atoms with van der Waals surface area (Å²) in [6.07, 6.45) is 2.61. The molecule has 1 aliphatic heterocycles. The number of nitrogens with one attached hydrogen (secondary N) is 1. The molecule has 1 aromatic heterocycles. The van der Waals surface area contributed by atoms with Gasteiger partial charge in [0.1, 0.15) is 4.21 Å². The smallest absolute Gasteiger partial charge is 0.250 e. The minimum absolute atomic E-state index is 0.172. The van der Waals surface area contributed by atoms with Crippen molar-refractivity contribution >= 4 is 38.9 Å².